The monoisotopic (exact) mass is 270 g/mol. The molecule has 0 aliphatic rings. The lowest BCUT2D eigenvalue weighted by Crippen LogP contribution is -2.07. The van der Waals surface area contributed by atoms with Crippen molar-refractivity contribution in [3.8, 4) is 0 Å². The number of benzene rings is 1. The molecule has 2 N–H and O–H groups in total. The first kappa shape index (κ1) is 12.8. The number of halogens is 3. The molecule has 0 amide bonds. The van der Waals surface area contributed by atoms with Gasteiger partial charge < -0.3 is 5.73 Å². The summed E-state index contributed by atoms with van der Waals surface area (Å²) < 4.78 is 38.5. The van der Waals surface area contributed by atoms with E-state index in [1.165, 1.54) is 18.3 Å². The number of hydrogen-bond acceptors (Lipinski definition) is 3. The number of rotatable bonds is 2. The third-order valence-corrected chi connectivity index (χ3v) is 3.19. The first-order valence-corrected chi connectivity index (χ1v) is 5.84. The summed E-state index contributed by atoms with van der Waals surface area (Å²) in [6, 6.07) is 8.82. The van der Waals surface area contributed by atoms with Gasteiger partial charge in [-0.15, -0.1) is 0 Å². The summed E-state index contributed by atoms with van der Waals surface area (Å²) >= 11 is 0.963. The zero-order valence-electron chi connectivity index (χ0n) is 9.11. The zero-order valence-corrected chi connectivity index (χ0v) is 9.92. The second-order valence-corrected chi connectivity index (χ2v) is 4.59. The normalized spacial score (nSPS) is 11.5. The molecule has 0 spiro atoms. The predicted octanol–water partition coefficient (Wildman–Crippen LogP) is 3.83. The molecule has 0 radical (unpaired) electrons. The molecule has 0 saturated carbocycles. The molecule has 2 aromatic rings. The van der Waals surface area contributed by atoms with Gasteiger partial charge in [0.1, 0.15) is 5.03 Å². The summed E-state index contributed by atoms with van der Waals surface area (Å²) in [6.45, 7) is 0. The summed E-state index contributed by atoms with van der Waals surface area (Å²) in [7, 11) is 0. The molecule has 0 atom stereocenters. The van der Waals surface area contributed by atoms with Crippen molar-refractivity contribution in [3.63, 3.8) is 0 Å². The highest BCUT2D eigenvalue weighted by molar-refractivity contribution is 7.99. The Bertz CT molecular complexity index is 541. The van der Waals surface area contributed by atoms with Gasteiger partial charge in [0.25, 0.3) is 0 Å². The van der Waals surface area contributed by atoms with Crippen LogP contribution >= 0.6 is 11.8 Å². The maximum Gasteiger partial charge on any atom is 0.417 e. The fourth-order valence-electron chi connectivity index (χ4n) is 1.38. The number of nitrogens with two attached hydrogens (primary N) is 1. The number of alkyl halides is 3. The maximum absolute atomic E-state index is 12.8. The first-order chi connectivity index (χ1) is 8.47. The molecule has 0 fully saturated rings. The van der Waals surface area contributed by atoms with Crippen molar-refractivity contribution in [2.75, 3.05) is 5.73 Å². The van der Waals surface area contributed by atoms with E-state index >= 15 is 0 Å². The number of hydrogen-bond donors (Lipinski definition) is 1. The molecule has 1 aromatic carbocycles. The number of pyridine rings is 1. The van der Waals surface area contributed by atoms with E-state index in [0.717, 1.165) is 17.8 Å². The van der Waals surface area contributed by atoms with Crippen LogP contribution < -0.4 is 5.73 Å². The second kappa shape index (κ2) is 4.89. The van der Waals surface area contributed by atoms with Gasteiger partial charge in [0.05, 0.1) is 5.56 Å². The van der Waals surface area contributed by atoms with E-state index in [1.54, 1.807) is 18.2 Å². The lowest BCUT2D eigenvalue weighted by Gasteiger charge is -2.12. The molecule has 2 nitrogen and oxygen atoms in total. The molecule has 1 heterocycles. The van der Waals surface area contributed by atoms with Crippen molar-refractivity contribution in [1.29, 1.82) is 0 Å². The van der Waals surface area contributed by atoms with Gasteiger partial charge in [0.15, 0.2) is 0 Å². The van der Waals surface area contributed by atoms with Crippen molar-refractivity contribution >= 4 is 17.4 Å². The van der Waals surface area contributed by atoms with Gasteiger partial charge in [-0.05, 0) is 30.3 Å². The molecule has 0 aliphatic carbocycles. The van der Waals surface area contributed by atoms with Crippen LogP contribution in [-0.4, -0.2) is 4.98 Å². The van der Waals surface area contributed by atoms with E-state index < -0.39 is 11.7 Å². The summed E-state index contributed by atoms with van der Waals surface area (Å²) in [6.07, 6.45) is -2.89. The van der Waals surface area contributed by atoms with Gasteiger partial charge in [-0.2, -0.15) is 13.2 Å². The molecule has 6 heteroatoms. The van der Waals surface area contributed by atoms with E-state index in [2.05, 4.69) is 4.98 Å². The lowest BCUT2D eigenvalue weighted by molar-refractivity contribution is -0.139. The quantitative estimate of drug-likeness (QED) is 0.843. The van der Waals surface area contributed by atoms with Crippen LogP contribution in [0.4, 0.5) is 18.9 Å². The van der Waals surface area contributed by atoms with Crippen molar-refractivity contribution < 1.29 is 13.2 Å². The molecule has 0 saturated heterocycles. The van der Waals surface area contributed by atoms with Crippen LogP contribution in [0.2, 0.25) is 0 Å². The SMILES string of the molecule is Nc1ccc(Sc2ccccn2)c(C(F)(F)F)c1. The minimum absolute atomic E-state index is 0.0905. The lowest BCUT2D eigenvalue weighted by atomic mass is 10.2. The molecule has 94 valence electrons. The van der Waals surface area contributed by atoms with Gasteiger partial charge in [-0.1, -0.05) is 17.8 Å². The van der Waals surface area contributed by atoms with Crippen LogP contribution in [0.5, 0.6) is 0 Å². The highest BCUT2D eigenvalue weighted by Crippen LogP contribution is 2.39. The van der Waals surface area contributed by atoms with Crippen molar-refractivity contribution in [3.05, 3.63) is 48.2 Å². The predicted molar refractivity (Wildman–Crippen MR) is 64.2 cm³/mol. The number of nitrogens with zero attached hydrogens (tertiary/aromatic N) is 1. The van der Waals surface area contributed by atoms with Crippen LogP contribution in [0.15, 0.2) is 52.5 Å². The van der Waals surface area contributed by atoms with Crippen molar-refractivity contribution in [1.82, 2.24) is 4.98 Å². The maximum atomic E-state index is 12.8. The molecule has 0 aliphatic heterocycles. The van der Waals surface area contributed by atoms with Crippen LogP contribution in [0.1, 0.15) is 5.56 Å². The average molecular weight is 270 g/mol. The molecular formula is C12H9F3N2S. The molecule has 18 heavy (non-hydrogen) atoms. The highest BCUT2D eigenvalue weighted by Gasteiger charge is 2.33. The van der Waals surface area contributed by atoms with Crippen LogP contribution in [0.25, 0.3) is 0 Å². The van der Waals surface area contributed by atoms with Gasteiger partial charge in [-0.25, -0.2) is 4.98 Å². The summed E-state index contributed by atoms with van der Waals surface area (Å²) in [5.74, 6) is 0. The standard InChI is InChI=1S/C12H9F3N2S/c13-12(14,15)9-7-8(16)4-5-10(9)18-11-3-1-2-6-17-11/h1-7H,16H2. The van der Waals surface area contributed by atoms with Gasteiger partial charge in [0, 0.05) is 16.8 Å². The Morgan fingerprint density at radius 3 is 2.50 bits per heavy atom. The van der Waals surface area contributed by atoms with Gasteiger partial charge in [0.2, 0.25) is 0 Å². The Morgan fingerprint density at radius 2 is 1.89 bits per heavy atom. The van der Waals surface area contributed by atoms with Crippen LogP contribution in [0.3, 0.4) is 0 Å². The van der Waals surface area contributed by atoms with E-state index in [0.29, 0.717) is 5.03 Å². The highest BCUT2D eigenvalue weighted by atomic mass is 32.2. The van der Waals surface area contributed by atoms with Crippen molar-refractivity contribution in [2.24, 2.45) is 0 Å². The van der Waals surface area contributed by atoms with Gasteiger partial charge in [-0.3, -0.25) is 0 Å². The zero-order chi connectivity index (χ0) is 13.2. The summed E-state index contributed by atoms with van der Waals surface area (Å²) in [5.41, 5.74) is 4.75. The molecule has 0 unspecified atom stereocenters. The van der Waals surface area contributed by atoms with Crippen molar-refractivity contribution in [2.45, 2.75) is 16.1 Å². The van der Waals surface area contributed by atoms with Crippen LogP contribution in [0, 0.1) is 0 Å². The Kier molecular flexibility index (Phi) is 3.47. The van der Waals surface area contributed by atoms with E-state index in [9.17, 15) is 13.2 Å². The Morgan fingerprint density at radius 1 is 1.11 bits per heavy atom. The number of nitrogen functional groups attached to an aromatic ring is 1. The fraction of sp³-hybridized carbons (Fsp3) is 0.0833. The Balaban J connectivity index is 2.39. The molecule has 2 rings (SSSR count). The average Bonchev–Trinajstić information content (AvgIpc) is 2.31. The molecule has 1 aromatic heterocycles. The second-order valence-electron chi connectivity index (χ2n) is 3.52. The minimum Gasteiger partial charge on any atom is -0.399 e. The topological polar surface area (TPSA) is 38.9 Å². The first-order valence-electron chi connectivity index (χ1n) is 5.02. The summed E-state index contributed by atoms with van der Waals surface area (Å²) in [5, 5.41) is 0.507. The van der Waals surface area contributed by atoms with Gasteiger partial charge >= 0.3 is 6.18 Å². The third kappa shape index (κ3) is 2.95. The third-order valence-electron chi connectivity index (χ3n) is 2.16. The smallest absolute Gasteiger partial charge is 0.399 e. The number of aromatic nitrogens is 1. The van der Waals surface area contributed by atoms with E-state index in [4.69, 9.17) is 5.73 Å². The van der Waals surface area contributed by atoms with Crippen LogP contribution in [-0.2, 0) is 6.18 Å². The Hall–Kier alpha value is -1.69. The molecular weight excluding hydrogens is 261 g/mol. The largest absolute Gasteiger partial charge is 0.417 e. The Labute approximate surface area is 106 Å². The fourth-order valence-corrected chi connectivity index (χ4v) is 2.28. The van der Waals surface area contributed by atoms with E-state index in [-0.39, 0.29) is 10.6 Å². The van der Waals surface area contributed by atoms with E-state index in [1.807, 2.05) is 0 Å². The number of anilines is 1. The minimum atomic E-state index is -4.42. The molecule has 0 bridgehead atoms. The summed E-state index contributed by atoms with van der Waals surface area (Å²) in [4.78, 5) is 4.08.